The van der Waals surface area contributed by atoms with Gasteiger partial charge in [0.2, 0.25) is 5.91 Å². The number of amides is 4. The van der Waals surface area contributed by atoms with Gasteiger partial charge in [-0.25, -0.2) is 19.2 Å². The average molecular weight is 835 g/mol. The Hall–Kier alpha value is -5.71. The largest absolute Gasteiger partial charge is 0.458 e. The number of rotatable bonds is 21. The van der Waals surface area contributed by atoms with E-state index in [1.807, 2.05) is 78.9 Å². The second-order valence-electron chi connectivity index (χ2n) is 16.2. The zero-order chi connectivity index (χ0) is 43.5. The summed E-state index contributed by atoms with van der Waals surface area (Å²) in [6, 6.07) is 22.8. The lowest BCUT2D eigenvalue weighted by molar-refractivity contribution is -0.300. The first-order chi connectivity index (χ1) is 28.6. The highest BCUT2D eigenvalue weighted by Gasteiger charge is 2.32. The summed E-state index contributed by atoms with van der Waals surface area (Å²) in [6.07, 6.45) is -0.667. The zero-order valence-corrected chi connectivity index (χ0v) is 35.2. The van der Waals surface area contributed by atoms with Crippen LogP contribution in [-0.4, -0.2) is 73.1 Å². The molecule has 0 bridgehead atoms. The molecule has 4 rings (SSSR count). The van der Waals surface area contributed by atoms with E-state index in [9.17, 15) is 24.0 Å². The van der Waals surface area contributed by atoms with Crippen LogP contribution < -0.4 is 21.3 Å². The maximum Gasteiger partial charge on any atom is 0.439 e. The molecule has 326 valence electrons. The molecule has 0 saturated heterocycles. The number of hydrogen-bond acceptors (Lipinski definition) is 12. The van der Waals surface area contributed by atoms with E-state index >= 15 is 0 Å². The number of esters is 1. The molecule has 0 aromatic heterocycles. The Morgan fingerprint density at radius 3 is 1.70 bits per heavy atom. The van der Waals surface area contributed by atoms with Crippen LogP contribution in [0.15, 0.2) is 78.9 Å². The van der Waals surface area contributed by atoms with Gasteiger partial charge in [-0.1, -0.05) is 78.9 Å². The predicted octanol–water partition coefficient (Wildman–Crippen LogP) is 7.31. The molecule has 0 saturated carbocycles. The van der Waals surface area contributed by atoms with Gasteiger partial charge in [0, 0.05) is 19.0 Å². The monoisotopic (exact) mass is 834 g/mol. The first-order valence-electron chi connectivity index (χ1n) is 20.2. The second-order valence-corrected chi connectivity index (χ2v) is 16.2. The Morgan fingerprint density at radius 1 is 0.583 bits per heavy atom. The van der Waals surface area contributed by atoms with E-state index < -0.39 is 53.4 Å². The van der Waals surface area contributed by atoms with Crippen molar-refractivity contribution < 1.29 is 58.0 Å². The van der Waals surface area contributed by atoms with Gasteiger partial charge in [-0.2, -0.15) is 14.7 Å². The van der Waals surface area contributed by atoms with Crippen LogP contribution in [0.4, 0.5) is 14.4 Å². The van der Waals surface area contributed by atoms with Crippen molar-refractivity contribution in [2.45, 2.75) is 116 Å². The molecular formula is C44H58N4O12. The minimum absolute atomic E-state index is 0.0347. The smallest absolute Gasteiger partial charge is 0.439 e. The zero-order valence-electron chi connectivity index (χ0n) is 35.2. The summed E-state index contributed by atoms with van der Waals surface area (Å²) in [7, 11) is 0. The molecule has 0 unspecified atom stereocenters. The maximum atomic E-state index is 13.8. The molecule has 16 heteroatoms. The van der Waals surface area contributed by atoms with E-state index in [-0.39, 0.29) is 45.1 Å². The SMILES string of the molecule is CC(C)(C)OOC(=O)NCCCC[C@H](NC(=O)OOCC1c2ccccc2-c2ccccc21)C(=O)N[C@@H](CCCCNC(=O)OOCc1ccccc1)C(=O)OC(C)(C)C. The van der Waals surface area contributed by atoms with Crippen molar-refractivity contribution in [1.82, 2.24) is 21.3 Å². The van der Waals surface area contributed by atoms with Gasteiger partial charge in [0.05, 0.1) is 0 Å². The lowest BCUT2D eigenvalue weighted by Gasteiger charge is -2.26. The lowest BCUT2D eigenvalue weighted by atomic mass is 9.98. The van der Waals surface area contributed by atoms with E-state index in [1.165, 1.54) is 0 Å². The number of benzene rings is 3. The van der Waals surface area contributed by atoms with E-state index in [0.29, 0.717) is 25.7 Å². The van der Waals surface area contributed by atoms with Crippen LogP contribution in [0.25, 0.3) is 11.1 Å². The third-order valence-electron chi connectivity index (χ3n) is 8.90. The molecule has 0 fully saturated rings. The Labute approximate surface area is 351 Å². The van der Waals surface area contributed by atoms with E-state index in [0.717, 1.165) is 27.8 Å². The van der Waals surface area contributed by atoms with Gasteiger partial charge in [0.1, 0.15) is 36.5 Å². The van der Waals surface area contributed by atoms with Crippen LogP contribution in [-0.2, 0) is 50.3 Å². The minimum atomic E-state index is -1.16. The third-order valence-corrected chi connectivity index (χ3v) is 8.90. The summed E-state index contributed by atoms with van der Waals surface area (Å²) in [5, 5.41) is 10.5. The first-order valence-corrected chi connectivity index (χ1v) is 20.2. The Morgan fingerprint density at radius 2 is 1.12 bits per heavy atom. The van der Waals surface area contributed by atoms with Crippen LogP contribution in [0.1, 0.15) is 103 Å². The van der Waals surface area contributed by atoms with Crippen molar-refractivity contribution in [1.29, 1.82) is 0 Å². The summed E-state index contributed by atoms with van der Waals surface area (Å²) < 4.78 is 5.61. The molecule has 0 radical (unpaired) electrons. The van der Waals surface area contributed by atoms with Crippen LogP contribution in [0.3, 0.4) is 0 Å². The molecular weight excluding hydrogens is 776 g/mol. The van der Waals surface area contributed by atoms with Crippen molar-refractivity contribution in [2.24, 2.45) is 0 Å². The van der Waals surface area contributed by atoms with Gasteiger partial charge in [-0.05, 0) is 108 Å². The molecule has 0 aliphatic heterocycles. The molecule has 2 atom stereocenters. The number of hydrogen-bond donors (Lipinski definition) is 4. The van der Waals surface area contributed by atoms with Crippen molar-refractivity contribution in [3.05, 3.63) is 95.6 Å². The highest BCUT2D eigenvalue weighted by Crippen LogP contribution is 2.44. The second kappa shape index (κ2) is 23.2. The van der Waals surface area contributed by atoms with Gasteiger partial charge in [-0.3, -0.25) is 19.5 Å². The van der Waals surface area contributed by atoms with Gasteiger partial charge in [0.25, 0.3) is 0 Å². The third kappa shape index (κ3) is 16.5. The number of carbonyl (C=O) groups is 5. The predicted molar refractivity (Wildman–Crippen MR) is 220 cm³/mol. The first kappa shape index (κ1) is 47.0. The van der Waals surface area contributed by atoms with Crippen LogP contribution in [0.2, 0.25) is 0 Å². The van der Waals surface area contributed by atoms with E-state index in [2.05, 4.69) is 21.3 Å². The molecule has 0 spiro atoms. The molecule has 4 amide bonds. The fourth-order valence-corrected chi connectivity index (χ4v) is 6.20. The molecule has 3 aromatic carbocycles. The Bertz CT molecular complexity index is 1820. The molecule has 0 heterocycles. The van der Waals surface area contributed by atoms with Gasteiger partial charge in [-0.15, -0.1) is 0 Å². The average Bonchev–Trinajstić information content (AvgIpc) is 3.51. The van der Waals surface area contributed by atoms with Gasteiger partial charge in [0.15, 0.2) is 0 Å². The number of ether oxygens (including phenoxy) is 1. The number of carbonyl (C=O) groups excluding carboxylic acids is 5. The number of unbranched alkanes of at least 4 members (excludes halogenated alkanes) is 2. The standard InChI is InChI=1S/C44H58N4O12/c1-43(2,3)56-39(50)37(25-15-17-26-45-40(51)57-54-28-30-18-8-7-9-19-30)47-38(49)36(24-14-16-27-46-41(52)59-60-44(4,5)6)48-42(53)58-55-29-35-33-22-12-10-20-31(33)32-21-11-13-23-34(32)35/h7-13,18-23,35-37H,14-17,24-29H2,1-6H3,(H,45,51)(H,46,52)(H,47,49)(H,48,53)/t36-,37-/m0/s1. The van der Waals surface area contributed by atoms with Crippen LogP contribution in [0, 0.1) is 0 Å². The van der Waals surface area contributed by atoms with Crippen molar-refractivity contribution in [3.63, 3.8) is 0 Å². The molecule has 1 aliphatic rings. The molecule has 16 nitrogen and oxygen atoms in total. The van der Waals surface area contributed by atoms with E-state index in [4.69, 9.17) is 34.1 Å². The number of nitrogens with one attached hydrogen (secondary N) is 4. The van der Waals surface area contributed by atoms with Crippen LogP contribution in [0.5, 0.6) is 0 Å². The summed E-state index contributed by atoms with van der Waals surface area (Å²) in [6.45, 7) is 10.9. The number of fused-ring (bicyclic) bond motifs is 3. The summed E-state index contributed by atoms with van der Waals surface area (Å²) in [4.78, 5) is 94.5. The van der Waals surface area contributed by atoms with Gasteiger partial charge >= 0.3 is 24.2 Å². The molecule has 3 aromatic rings. The fraction of sp³-hybridized carbons (Fsp3) is 0.477. The van der Waals surface area contributed by atoms with Crippen molar-refractivity contribution in [2.75, 3.05) is 19.7 Å². The lowest BCUT2D eigenvalue weighted by Crippen LogP contribution is -2.52. The topological polar surface area (TPSA) is 198 Å². The van der Waals surface area contributed by atoms with Gasteiger partial charge < -0.3 is 26.0 Å². The molecule has 4 N–H and O–H groups in total. The van der Waals surface area contributed by atoms with Crippen LogP contribution >= 0.6 is 0 Å². The normalized spacial score (nSPS) is 13.2. The quantitative estimate of drug-likeness (QED) is 0.0362. The molecule has 60 heavy (non-hydrogen) atoms. The van der Waals surface area contributed by atoms with Crippen molar-refractivity contribution in [3.8, 4) is 11.1 Å². The highest BCUT2D eigenvalue weighted by molar-refractivity contribution is 5.89. The summed E-state index contributed by atoms with van der Waals surface area (Å²) in [5.74, 6) is -1.51. The fourth-order valence-electron chi connectivity index (χ4n) is 6.20. The Kier molecular flexibility index (Phi) is 18.1. The maximum absolute atomic E-state index is 13.8. The van der Waals surface area contributed by atoms with E-state index in [1.54, 1.807) is 41.5 Å². The minimum Gasteiger partial charge on any atom is -0.458 e. The molecule has 1 aliphatic carbocycles. The summed E-state index contributed by atoms with van der Waals surface area (Å²) >= 11 is 0. The summed E-state index contributed by atoms with van der Waals surface area (Å²) in [5.41, 5.74) is 3.54. The highest BCUT2D eigenvalue weighted by atomic mass is 17.2. The van der Waals surface area contributed by atoms with Crippen molar-refractivity contribution >= 4 is 30.2 Å². The Balaban J connectivity index is 1.32.